The van der Waals surface area contributed by atoms with Crippen molar-refractivity contribution in [1.29, 1.82) is 0 Å². The van der Waals surface area contributed by atoms with Crippen LogP contribution < -0.4 is 10.6 Å². The minimum absolute atomic E-state index is 0.0121. The minimum atomic E-state index is -0.880. The summed E-state index contributed by atoms with van der Waals surface area (Å²) in [6.45, 7) is 5.12. The third kappa shape index (κ3) is 6.17. The molecule has 2 aromatic carbocycles. The number of carbonyl (C=O) groups excluding carboxylic acids is 3. The van der Waals surface area contributed by atoms with Crippen molar-refractivity contribution in [2.75, 3.05) is 13.1 Å². The van der Waals surface area contributed by atoms with E-state index < -0.39 is 11.6 Å². The quantitative estimate of drug-likeness (QED) is 0.533. The number of nitrogens with zero attached hydrogens (tertiary/aromatic N) is 1. The van der Waals surface area contributed by atoms with Gasteiger partial charge >= 0.3 is 0 Å². The van der Waals surface area contributed by atoms with Gasteiger partial charge in [0.2, 0.25) is 11.8 Å². The van der Waals surface area contributed by atoms with Crippen molar-refractivity contribution in [3.05, 3.63) is 70.7 Å². The smallest absolute Gasteiger partial charge is 0.253 e. The third-order valence-electron chi connectivity index (χ3n) is 6.56. The molecule has 7 heteroatoms. The number of benzene rings is 2. The highest BCUT2D eigenvalue weighted by Crippen LogP contribution is 2.31. The van der Waals surface area contributed by atoms with Crippen LogP contribution in [0.15, 0.2) is 54.6 Å². The van der Waals surface area contributed by atoms with Crippen molar-refractivity contribution < 1.29 is 14.4 Å². The second-order valence-electron chi connectivity index (χ2n) is 8.79. The van der Waals surface area contributed by atoms with Crippen LogP contribution in [0, 0.1) is 0 Å². The normalized spacial score (nSPS) is 15.7. The van der Waals surface area contributed by atoms with Gasteiger partial charge < -0.3 is 15.5 Å². The Morgan fingerprint density at radius 1 is 0.941 bits per heavy atom. The Morgan fingerprint density at radius 2 is 1.56 bits per heavy atom. The van der Waals surface area contributed by atoms with Crippen LogP contribution in [-0.4, -0.2) is 41.2 Å². The van der Waals surface area contributed by atoms with E-state index in [1.54, 1.807) is 29.2 Å². The molecule has 2 aromatic rings. The van der Waals surface area contributed by atoms with Crippen molar-refractivity contribution >= 4 is 29.3 Å². The molecular weight excluding hydrogens is 450 g/mol. The van der Waals surface area contributed by atoms with Gasteiger partial charge in [0.05, 0.1) is 23.0 Å². The van der Waals surface area contributed by atoms with Crippen LogP contribution in [0.5, 0.6) is 0 Å². The van der Waals surface area contributed by atoms with E-state index in [0.717, 1.165) is 24.8 Å². The standard InChI is InChI=1S/C27H34ClN3O3/c1-3-31(4-2)26(34)27(17-11-6-12-18-27)30-24(32)19-23(20-13-7-5-8-14-20)29-25(33)21-15-9-10-16-22(21)28/h5,7-10,13-16,23H,3-4,6,11-12,17-19H2,1-2H3,(H,29,33)(H,30,32)/t23-/m0/s1. The van der Waals surface area contributed by atoms with Crippen molar-refractivity contribution in [3.63, 3.8) is 0 Å². The Bertz CT molecular complexity index is 986. The molecule has 0 saturated heterocycles. The maximum Gasteiger partial charge on any atom is 0.253 e. The number of rotatable bonds is 9. The van der Waals surface area contributed by atoms with Crippen LogP contribution in [-0.2, 0) is 9.59 Å². The summed E-state index contributed by atoms with van der Waals surface area (Å²) in [5.41, 5.74) is 0.284. The lowest BCUT2D eigenvalue weighted by atomic mass is 9.80. The topological polar surface area (TPSA) is 78.5 Å². The number of halogens is 1. The molecule has 0 aromatic heterocycles. The molecule has 6 nitrogen and oxygen atoms in total. The molecular formula is C27H34ClN3O3. The number of carbonyl (C=O) groups is 3. The van der Waals surface area contributed by atoms with Gasteiger partial charge in [0, 0.05) is 13.1 Å². The largest absolute Gasteiger partial charge is 0.345 e. The first kappa shape index (κ1) is 25.8. The number of nitrogens with one attached hydrogen (secondary N) is 2. The van der Waals surface area contributed by atoms with Crippen LogP contribution in [0.4, 0.5) is 0 Å². The summed E-state index contributed by atoms with van der Waals surface area (Å²) in [5, 5.41) is 6.41. The monoisotopic (exact) mass is 483 g/mol. The maximum absolute atomic E-state index is 13.4. The molecule has 1 aliphatic rings. The molecule has 0 heterocycles. The van der Waals surface area contributed by atoms with Gasteiger partial charge in [0.1, 0.15) is 5.54 Å². The van der Waals surface area contributed by atoms with Gasteiger partial charge in [-0.25, -0.2) is 0 Å². The van der Waals surface area contributed by atoms with E-state index in [-0.39, 0.29) is 24.1 Å². The van der Waals surface area contributed by atoms with E-state index in [0.29, 0.717) is 36.5 Å². The molecule has 0 spiro atoms. The van der Waals surface area contributed by atoms with Crippen molar-refractivity contribution in [2.24, 2.45) is 0 Å². The number of amides is 3. The van der Waals surface area contributed by atoms with Crippen molar-refractivity contribution in [2.45, 2.75) is 64.0 Å². The first-order valence-corrected chi connectivity index (χ1v) is 12.5. The van der Waals surface area contributed by atoms with E-state index >= 15 is 0 Å². The zero-order valence-electron chi connectivity index (χ0n) is 20.0. The Balaban J connectivity index is 1.81. The van der Waals surface area contributed by atoms with Gasteiger partial charge in [-0.2, -0.15) is 0 Å². The van der Waals surface area contributed by atoms with Gasteiger partial charge in [-0.15, -0.1) is 0 Å². The summed E-state index contributed by atoms with van der Waals surface area (Å²) in [5.74, 6) is -0.614. The summed E-state index contributed by atoms with van der Waals surface area (Å²) in [7, 11) is 0. The predicted octanol–water partition coefficient (Wildman–Crippen LogP) is 4.89. The minimum Gasteiger partial charge on any atom is -0.345 e. The maximum atomic E-state index is 13.4. The van der Waals surface area contributed by atoms with Crippen molar-refractivity contribution in [1.82, 2.24) is 15.5 Å². The first-order valence-electron chi connectivity index (χ1n) is 12.1. The van der Waals surface area contributed by atoms with Crippen LogP contribution in [0.1, 0.15) is 74.3 Å². The fraction of sp³-hybridized carbons (Fsp3) is 0.444. The van der Waals surface area contributed by atoms with Gasteiger partial charge in [0.25, 0.3) is 5.91 Å². The summed E-state index contributed by atoms with van der Waals surface area (Å²) in [6, 6.07) is 15.6. The molecule has 3 amide bonds. The third-order valence-corrected chi connectivity index (χ3v) is 6.89. The summed E-state index contributed by atoms with van der Waals surface area (Å²) in [6.07, 6.45) is 4.15. The second-order valence-corrected chi connectivity index (χ2v) is 9.20. The molecule has 0 aliphatic heterocycles. The highest BCUT2D eigenvalue weighted by molar-refractivity contribution is 6.33. The van der Waals surface area contributed by atoms with E-state index in [1.165, 1.54) is 0 Å². The summed E-state index contributed by atoms with van der Waals surface area (Å²) in [4.78, 5) is 41.5. The van der Waals surface area contributed by atoms with E-state index in [2.05, 4.69) is 10.6 Å². The number of hydrogen-bond donors (Lipinski definition) is 2. The summed E-state index contributed by atoms with van der Waals surface area (Å²) >= 11 is 6.21. The van der Waals surface area contributed by atoms with Crippen molar-refractivity contribution in [3.8, 4) is 0 Å². The highest BCUT2D eigenvalue weighted by atomic mass is 35.5. The Labute approximate surface area is 207 Å². The Kier molecular flexibility index (Phi) is 9.11. The fourth-order valence-electron chi connectivity index (χ4n) is 4.68. The molecule has 34 heavy (non-hydrogen) atoms. The van der Waals surface area contributed by atoms with Gasteiger partial charge in [-0.3, -0.25) is 14.4 Å². The average Bonchev–Trinajstić information content (AvgIpc) is 2.85. The molecule has 182 valence electrons. The lowest BCUT2D eigenvalue weighted by Gasteiger charge is -2.40. The second kappa shape index (κ2) is 12.0. The first-order chi connectivity index (χ1) is 16.4. The molecule has 0 bridgehead atoms. The SMILES string of the molecule is CCN(CC)C(=O)C1(NC(=O)C[C@H](NC(=O)c2ccccc2Cl)c2ccccc2)CCCCC1. The van der Waals surface area contributed by atoms with Gasteiger partial charge in [-0.05, 0) is 44.4 Å². The number of hydrogen-bond acceptors (Lipinski definition) is 3. The average molecular weight is 484 g/mol. The van der Waals surface area contributed by atoms with Crippen LogP contribution in [0.25, 0.3) is 0 Å². The van der Waals surface area contributed by atoms with Gasteiger partial charge in [-0.1, -0.05) is 73.3 Å². The van der Waals surface area contributed by atoms with Crippen LogP contribution >= 0.6 is 11.6 Å². The molecule has 1 atom stereocenters. The van der Waals surface area contributed by atoms with Gasteiger partial charge in [0.15, 0.2) is 0 Å². The molecule has 1 saturated carbocycles. The fourth-order valence-corrected chi connectivity index (χ4v) is 4.90. The van der Waals surface area contributed by atoms with Crippen LogP contribution in [0.2, 0.25) is 5.02 Å². The predicted molar refractivity (Wildman–Crippen MR) is 135 cm³/mol. The van der Waals surface area contributed by atoms with E-state index in [9.17, 15) is 14.4 Å². The zero-order valence-corrected chi connectivity index (χ0v) is 20.7. The molecule has 0 radical (unpaired) electrons. The molecule has 1 aliphatic carbocycles. The van der Waals surface area contributed by atoms with Crippen LogP contribution in [0.3, 0.4) is 0 Å². The molecule has 2 N–H and O–H groups in total. The highest BCUT2D eigenvalue weighted by Gasteiger charge is 2.43. The lowest BCUT2D eigenvalue weighted by molar-refractivity contribution is -0.143. The molecule has 3 rings (SSSR count). The summed E-state index contributed by atoms with van der Waals surface area (Å²) < 4.78 is 0. The Hall–Kier alpha value is -2.86. The lowest BCUT2D eigenvalue weighted by Crippen LogP contribution is -2.60. The molecule has 1 fully saturated rings. The molecule has 0 unspecified atom stereocenters. The van der Waals surface area contributed by atoms with E-state index in [4.69, 9.17) is 11.6 Å². The number of likely N-dealkylation sites (N-methyl/N-ethyl adjacent to an activating group) is 1. The zero-order chi connectivity index (χ0) is 24.6. The Morgan fingerprint density at radius 3 is 2.18 bits per heavy atom. The van der Waals surface area contributed by atoms with E-state index in [1.807, 2.05) is 44.2 Å².